The quantitative estimate of drug-likeness (QED) is 0.559. The third-order valence-corrected chi connectivity index (χ3v) is 3.83. The first kappa shape index (κ1) is 14.4. The van der Waals surface area contributed by atoms with E-state index >= 15 is 0 Å². The molecule has 2 N–H and O–H groups in total. The molecule has 0 amide bonds. The summed E-state index contributed by atoms with van der Waals surface area (Å²) >= 11 is 1.38. The van der Waals surface area contributed by atoms with E-state index in [2.05, 4.69) is 20.3 Å². The number of nitrogens with two attached hydrogens (primary N) is 1. The zero-order valence-corrected chi connectivity index (χ0v) is 12.9. The highest BCUT2D eigenvalue weighted by molar-refractivity contribution is 7.98. The van der Waals surface area contributed by atoms with Gasteiger partial charge < -0.3 is 15.1 Å². The summed E-state index contributed by atoms with van der Waals surface area (Å²) in [5.41, 5.74) is 0.858. The smallest absolute Gasteiger partial charge is 0.237 e. The van der Waals surface area contributed by atoms with Gasteiger partial charge >= 0.3 is 0 Å². The molecule has 2 heterocycles. The van der Waals surface area contributed by atoms with Crippen molar-refractivity contribution in [1.29, 1.82) is 0 Å². The highest BCUT2D eigenvalue weighted by Gasteiger charge is 2.13. The molecule has 0 bridgehead atoms. The van der Waals surface area contributed by atoms with Crippen LogP contribution in [0.4, 0.5) is 0 Å². The molecule has 3 rings (SSSR count). The van der Waals surface area contributed by atoms with Gasteiger partial charge in [-0.3, -0.25) is 0 Å². The van der Waals surface area contributed by atoms with Gasteiger partial charge in [-0.05, 0) is 31.2 Å². The van der Waals surface area contributed by atoms with Crippen molar-refractivity contribution in [1.82, 2.24) is 25.0 Å². The zero-order valence-electron chi connectivity index (χ0n) is 12.1. The van der Waals surface area contributed by atoms with Crippen molar-refractivity contribution in [3.63, 3.8) is 0 Å². The van der Waals surface area contributed by atoms with Crippen molar-refractivity contribution in [2.24, 2.45) is 0 Å². The lowest BCUT2D eigenvalue weighted by molar-refractivity contribution is 0.387. The summed E-state index contributed by atoms with van der Waals surface area (Å²) in [4.78, 5) is 4.13. The molecular formula is C13H14N6O2S. The fourth-order valence-corrected chi connectivity index (χ4v) is 2.53. The normalized spacial score (nSPS) is 10.8. The first-order chi connectivity index (χ1) is 10.7. The van der Waals surface area contributed by atoms with E-state index in [0.717, 1.165) is 11.3 Å². The fourth-order valence-electron chi connectivity index (χ4n) is 1.84. The Morgan fingerprint density at radius 1 is 1.27 bits per heavy atom. The molecule has 0 aliphatic heterocycles. The van der Waals surface area contributed by atoms with Gasteiger partial charge in [0.15, 0.2) is 11.6 Å². The Labute approximate surface area is 130 Å². The van der Waals surface area contributed by atoms with E-state index < -0.39 is 0 Å². The van der Waals surface area contributed by atoms with Gasteiger partial charge in [0.1, 0.15) is 5.75 Å². The highest BCUT2D eigenvalue weighted by atomic mass is 32.2. The molecule has 8 nitrogen and oxygen atoms in total. The summed E-state index contributed by atoms with van der Waals surface area (Å²) in [5.74, 6) is 9.01. The second-order valence-electron chi connectivity index (χ2n) is 4.43. The van der Waals surface area contributed by atoms with Crippen LogP contribution in [-0.4, -0.2) is 32.1 Å². The number of hydrogen-bond acceptors (Lipinski definition) is 8. The molecule has 2 aromatic heterocycles. The number of aromatic nitrogens is 5. The highest BCUT2D eigenvalue weighted by Crippen LogP contribution is 2.25. The van der Waals surface area contributed by atoms with E-state index in [-0.39, 0.29) is 0 Å². The van der Waals surface area contributed by atoms with Crippen LogP contribution in [0.25, 0.3) is 11.4 Å². The van der Waals surface area contributed by atoms with Crippen LogP contribution < -0.4 is 10.6 Å². The fraction of sp³-hybridized carbons (Fsp3) is 0.231. The van der Waals surface area contributed by atoms with Gasteiger partial charge in [0.05, 0.1) is 12.9 Å². The summed E-state index contributed by atoms with van der Waals surface area (Å²) in [7, 11) is 1.62. The van der Waals surface area contributed by atoms with E-state index in [9.17, 15) is 0 Å². The Bertz CT molecular complexity index is 767. The number of nitrogens with zero attached hydrogens (tertiary/aromatic N) is 5. The molecule has 22 heavy (non-hydrogen) atoms. The lowest BCUT2D eigenvalue weighted by Crippen LogP contribution is -2.11. The molecule has 114 valence electrons. The van der Waals surface area contributed by atoms with Gasteiger partial charge in [0.25, 0.3) is 0 Å². The number of nitrogen functional groups attached to an aromatic ring is 1. The molecule has 0 atom stereocenters. The van der Waals surface area contributed by atoms with E-state index in [1.165, 1.54) is 16.4 Å². The van der Waals surface area contributed by atoms with E-state index in [0.29, 0.717) is 28.4 Å². The molecule has 0 fully saturated rings. The van der Waals surface area contributed by atoms with Crippen LogP contribution in [0.3, 0.4) is 0 Å². The number of aryl methyl sites for hydroxylation is 1. The van der Waals surface area contributed by atoms with Crippen LogP contribution in [0.2, 0.25) is 0 Å². The Balaban J connectivity index is 1.76. The summed E-state index contributed by atoms with van der Waals surface area (Å²) in [6.07, 6.45) is 0. The third kappa shape index (κ3) is 2.89. The predicted molar refractivity (Wildman–Crippen MR) is 80.8 cm³/mol. The monoisotopic (exact) mass is 318 g/mol. The minimum atomic E-state index is 0.485. The third-order valence-electron chi connectivity index (χ3n) is 2.91. The predicted octanol–water partition coefficient (Wildman–Crippen LogP) is 1.65. The van der Waals surface area contributed by atoms with Crippen molar-refractivity contribution in [2.75, 3.05) is 13.0 Å². The van der Waals surface area contributed by atoms with Gasteiger partial charge in [-0.1, -0.05) is 16.9 Å². The van der Waals surface area contributed by atoms with Crippen molar-refractivity contribution in [3.8, 4) is 17.1 Å². The van der Waals surface area contributed by atoms with Crippen LogP contribution in [-0.2, 0) is 5.75 Å². The van der Waals surface area contributed by atoms with Gasteiger partial charge in [-0.2, -0.15) is 4.98 Å². The second-order valence-corrected chi connectivity index (χ2v) is 5.37. The molecule has 0 unspecified atom stereocenters. The largest absolute Gasteiger partial charge is 0.497 e. The molecule has 0 spiro atoms. The van der Waals surface area contributed by atoms with E-state index in [4.69, 9.17) is 15.1 Å². The van der Waals surface area contributed by atoms with Gasteiger partial charge in [0, 0.05) is 5.56 Å². The maximum absolute atomic E-state index is 6.05. The summed E-state index contributed by atoms with van der Waals surface area (Å²) in [6.45, 7) is 1.77. The van der Waals surface area contributed by atoms with Crippen molar-refractivity contribution in [3.05, 3.63) is 36.0 Å². The van der Waals surface area contributed by atoms with E-state index in [1.54, 1.807) is 14.0 Å². The molecule has 3 aromatic rings. The Hall–Kier alpha value is -2.55. The Kier molecular flexibility index (Phi) is 3.96. The van der Waals surface area contributed by atoms with Crippen molar-refractivity contribution >= 4 is 11.8 Å². The number of benzene rings is 1. The first-order valence-corrected chi connectivity index (χ1v) is 7.43. The topological polar surface area (TPSA) is 105 Å². The average Bonchev–Trinajstić information content (AvgIpc) is 3.11. The SMILES string of the molecule is COc1ccc(-c2nnc(SCc3nc(C)no3)n2N)cc1. The lowest BCUT2D eigenvalue weighted by atomic mass is 10.2. The molecule has 0 radical (unpaired) electrons. The number of ether oxygens (including phenoxy) is 1. The summed E-state index contributed by atoms with van der Waals surface area (Å²) in [5, 5.41) is 12.5. The van der Waals surface area contributed by atoms with Crippen LogP contribution in [0.5, 0.6) is 5.75 Å². The number of thioether (sulfide) groups is 1. The minimum absolute atomic E-state index is 0.485. The van der Waals surface area contributed by atoms with Crippen LogP contribution in [0.15, 0.2) is 33.9 Å². The molecule has 1 aromatic carbocycles. The minimum Gasteiger partial charge on any atom is -0.497 e. The Morgan fingerprint density at radius 2 is 2.05 bits per heavy atom. The van der Waals surface area contributed by atoms with Crippen molar-refractivity contribution < 1.29 is 9.26 Å². The average molecular weight is 318 g/mol. The molecular weight excluding hydrogens is 304 g/mol. The van der Waals surface area contributed by atoms with Crippen LogP contribution >= 0.6 is 11.8 Å². The molecule has 0 aliphatic carbocycles. The van der Waals surface area contributed by atoms with E-state index in [1.807, 2.05) is 24.3 Å². The lowest BCUT2D eigenvalue weighted by Gasteiger charge is -2.04. The number of rotatable bonds is 5. The zero-order chi connectivity index (χ0) is 15.5. The van der Waals surface area contributed by atoms with Crippen molar-refractivity contribution in [2.45, 2.75) is 17.8 Å². The standard InChI is InChI=1S/C13H14N6O2S/c1-8-15-11(21-18-8)7-22-13-17-16-12(19(13)14)9-3-5-10(20-2)6-4-9/h3-6H,7,14H2,1-2H3. The Morgan fingerprint density at radius 3 is 2.68 bits per heavy atom. The second kappa shape index (κ2) is 6.06. The molecule has 0 aliphatic rings. The first-order valence-electron chi connectivity index (χ1n) is 6.44. The van der Waals surface area contributed by atoms with Crippen LogP contribution in [0, 0.1) is 6.92 Å². The van der Waals surface area contributed by atoms with Gasteiger partial charge in [-0.25, -0.2) is 4.68 Å². The number of methoxy groups -OCH3 is 1. The van der Waals surface area contributed by atoms with Gasteiger partial charge in [0.2, 0.25) is 11.0 Å². The molecule has 9 heteroatoms. The maximum atomic E-state index is 6.05. The molecule has 0 saturated heterocycles. The summed E-state index contributed by atoms with van der Waals surface area (Å²) < 4.78 is 11.6. The summed E-state index contributed by atoms with van der Waals surface area (Å²) in [6, 6.07) is 7.44. The van der Waals surface area contributed by atoms with Crippen LogP contribution in [0.1, 0.15) is 11.7 Å². The maximum Gasteiger partial charge on any atom is 0.237 e. The number of hydrogen-bond donors (Lipinski definition) is 1. The molecule has 0 saturated carbocycles. The van der Waals surface area contributed by atoms with Gasteiger partial charge in [-0.15, -0.1) is 10.2 Å².